The Morgan fingerprint density at radius 1 is 1.13 bits per heavy atom. The largest absolute Gasteiger partial charge is 0.284 e. The molecule has 5 heteroatoms. The summed E-state index contributed by atoms with van der Waals surface area (Å²) in [7, 11) is 0. The number of aryl methyl sites for hydroxylation is 1. The van der Waals surface area contributed by atoms with Gasteiger partial charge in [-0.1, -0.05) is 38.5 Å². The second-order valence-electron chi connectivity index (χ2n) is 6.36. The van der Waals surface area contributed by atoms with E-state index < -0.39 is 0 Å². The molecule has 23 heavy (non-hydrogen) atoms. The van der Waals surface area contributed by atoms with Crippen LogP contribution in [0.2, 0.25) is 0 Å². The number of hydrogen-bond acceptors (Lipinski definition) is 3. The maximum absolute atomic E-state index is 8.11. The average Bonchev–Trinajstić information content (AvgIpc) is 2.49. The zero-order chi connectivity index (χ0) is 17.0. The Morgan fingerprint density at radius 3 is 2.30 bits per heavy atom. The Balaban J connectivity index is 2.09. The van der Waals surface area contributed by atoms with E-state index in [1.807, 2.05) is 24.3 Å². The third-order valence-corrected chi connectivity index (χ3v) is 4.46. The lowest BCUT2D eigenvalue weighted by molar-refractivity contribution is 0.569. The predicted molar refractivity (Wildman–Crippen MR) is 104 cm³/mol. The van der Waals surface area contributed by atoms with Crippen molar-refractivity contribution < 1.29 is 0 Å². The molecule has 0 aliphatic carbocycles. The molecule has 1 aromatic heterocycles. The van der Waals surface area contributed by atoms with E-state index in [0.29, 0.717) is 9.94 Å². The van der Waals surface area contributed by atoms with Crippen LogP contribution in [0.15, 0.2) is 52.5 Å². The number of aromatic nitrogens is 1. The average molecular weight is 345 g/mol. The summed E-state index contributed by atoms with van der Waals surface area (Å²) in [6.07, 6.45) is 1.71. The van der Waals surface area contributed by atoms with Crippen molar-refractivity contribution in [2.45, 2.75) is 38.0 Å². The van der Waals surface area contributed by atoms with Crippen molar-refractivity contribution in [3.05, 3.63) is 59.4 Å². The SMILES string of the molecule is Cc1ccc(SC([SH2+])=NC(=N)c2ccc(C(C)(C)C)nc2)cc1. The summed E-state index contributed by atoms with van der Waals surface area (Å²) in [4.78, 5) is 9.81. The van der Waals surface area contributed by atoms with Gasteiger partial charge in [-0.3, -0.25) is 10.4 Å². The van der Waals surface area contributed by atoms with Gasteiger partial charge in [-0.25, -0.2) is 0 Å². The first-order valence-corrected chi connectivity index (χ1v) is 8.67. The predicted octanol–water partition coefficient (Wildman–Crippen LogP) is 4.17. The van der Waals surface area contributed by atoms with E-state index in [-0.39, 0.29) is 11.3 Å². The van der Waals surface area contributed by atoms with E-state index in [0.717, 1.165) is 10.6 Å². The summed E-state index contributed by atoms with van der Waals surface area (Å²) < 4.78 is 0.652. The Morgan fingerprint density at radius 2 is 1.78 bits per heavy atom. The quantitative estimate of drug-likeness (QED) is 0.385. The molecular formula is C18H22N3S2+. The molecule has 0 atom stereocenters. The van der Waals surface area contributed by atoms with Crippen molar-refractivity contribution in [2.24, 2.45) is 4.99 Å². The summed E-state index contributed by atoms with van der Waals surface area (Å²) in [6, 6.07) is 12.1. The lowest BCUT2D eigenvalue weighted by Gasteiger charge is -2.17. The topological polar surface area (TPSA) is 49.1 Å². The van der Waals surface area contributed by atoms with E-state index in [9.17, 15) is 0 Å². The molecule has 0 unspecified atom stereocenters. The number of thioether (sulfide) groups is 1. The number of aliphatic imine (C=N–C) groups is 1. The van der Waals surface area contributed by atoms with Crippen molar-refractivity contribution in [3.8, 4) is 0 Å². The van der Waals surface area contributed by atoms with Crippen molar-refractivity contribution in [1.29, 1.82) is 5.41 Å². The van der Waals surface area contributed by atoms with Crippen LogP contribution >= 0.6 is 11.8 Å². The molecule has 0 spiro atoms. The Bertz CT molecular complexity index is 711. The highest BCUT2D eigenvalue weighted by molar-refractivity contribution is 8.27. The molecule has 0 bridgehead atoms. The van der Waals surface area contributed by atoms with E-state index >= 15 is 0 Å². The van der Waals surface area contributed by atoms with Gasteiger partial charge in [0.1, 0.15) is 0 Å². The molecule has 0 radical (unpaired) electrons. The first kappa shape index (κ1) is 17.8. The standard InChI is InChI=1S/C18H21N3S2/c1-12-5-8-14(9-6-12)23-17(22)21-16(19)13-7-10-15(20-11-13)18(2,3)4/h5-11H,1-4H3,(H2,19,21,22)/p+1. The lowest BCUT2D eigenvalue weighted by atomic mass is 9.91. The molecular weight excluding hydrogens is 322 g/mol. The van der Waals surface area contributed by atoms with Gasteiger partial charge in [0.05, 0.1) is 0 Å². The molecule has 2 rings (SSSR count). The number of nitrogens with zero attached hydrogens (tertiary/aromatic N) is 2. The molecule has 3 nitrogen and oxygen atoms in total. The van der Waals surface area contributed by atoms with Gasteiger partial charge in [-0.05, 0) is 43.0 Å². The maximum Gasteiger partial charge on any atom is 0.284 e. The van der Waals surface area contributed by atoms with Gasteiger partial charge in [-0.2, -0.15) is 4.99 Å². The fraction of sp³-hybridized carbons (Fsp3) is 0.278. The number of rotatable bonds is 2. The first-order valence-electron chi connectivity index (χ1n) is 7.36. The normalized spacial score (nSPS) is 12.3. The molecule has 120 valence electrons. The Labute approximate surface area is 147 Å². The summed E-state index contributed by atoms with van der Waals surface area (Å²) in [5.74, 6) is 0.197. The van der Waals surface area contributed by atoms with Gasteiger partial charge in [0.2, 0.25) is 0 Å². The van der Waals surface area contributed by atoms with E-state index in [4.69, 9.17) is 5.41 Å². The molecule has 0 saturated carbocycles. The van der Waals surface area contributed by atoms with Crippen molar-refractivity contribution in [2.75, 3.05) is 0 Å². The lowest BCUT2D eigenvalue weighted by Crippen LogP contribution is -2.13. The van der Waals surface area contributed by atoms with Crippen LogP contribution in [0.25, 0.3) is 0 Å². The first-order chi connectivity index (χ1) is 10.8. The maximum atomic E-state index is 8.11. The fourth-order valence-electron chi connectivity index (χ4n) is 1.88. The third-order valence-electron chi connectivity index (χ3n) is 3.25. The van der Waals surface area contributed by atoms with Gasteiger partial charge in [-0.15, -0.1) is 0 Å². The molecule has 1 heterocycles. The highest BCUT2D eigenvalue weighted by atomic mass is 32.2. The zero-order valence-electron chi connectivity index (χ0n) is 13.8. The van der Waals surface area contributed by atoms with Gasteiger partial charge in [0.25, 0.3) is 4.38 Å². The zero-order valence-corrected chi connectivity index (χ0v) is 15.7. The summed E-state index contributed by atoms with van der Waals surface area (Å²) in [5, 5.41) is 8.11. The van der Waals surface area contributed by atoms with Gasteiger partial charge < -0.3 is 0 Å². The summed E-state index contributed by atoms with van der Waals surface area (Å²) >= 11 is 4.97. The Hall–Kier alpha value is -1.59. The van der Waals surface area contributed by atoms with Crippen LogP contribution in [0.1, 0.15) is 37.6 Å². The second-order valence-corrected chi connectivity index (χ2v) is 8.26. The van der Waals surface area contributed by atoms with Crippen LogP contribution in [-0.4, -0.2) is 15.2 Å². The van der Waals surface area contributed by atoms with E-state index in [1.165, 1.54) is 17.3 Å². The van der Waals surface area contributed by atoms with Gasteiger partial charge in [0.15, 0.2) is 5.84 Å². The molecule has 0 fully saturated rings. The number of hydrogen-bond donors (Lipinski definition) is 1. The van der Waals surface area contributed by atoms with Crippen molar-refractivity contribution >= 4 is 34.6 Å². The molecule has 0 aliphatic heterocycles. The van der Waals surface area contributed by atoms with Crippen LogP contribution in [-0.2, 0) is 18.0 Å². The van der Waals surface area contributed by atoms with Gasteiger partial charge in [0, 0.05) is 40.4 Å². The minimum absolute atomic E-state index is 0.00547. The summed E-state index contributed by atoms with van der Waals surface area (Å²) in [6.45, 7) is 8.41. The third kappa shape index (κ3) is 5.22. The summed E-state index contributed by atoms with van der Waals surface area (Å²) in [5.41, 5.74) is 2.94. The number of nitrogens with one attached hydrogen (secondary N) is 1. The van der Waals surface area contributed by atoms with Crippen LogP contribution in [0.4, 0.5) is 0 Å². The van der Waals surface area contributed by atoms with E-state index in [2.05, 4.69) is 62.4 Å². The minimum Gasteiger partial charge on any atom is -0.282 e. The highest BCUT2D eigenvalue weighted by Gasteiger charge is 2.15. The van der Waals surface area contributed by atoms with Crippen molar-refractivity contribution in [3.63, 3.8) is 0 Å². The number of pyridine rings is 1. The molecule has 0 amide bonds. The fourth-order valence-corrected chi connectivity index (χ4v) is 2.98. The van der Waals surface area contributed by atoms with Crippen LogP contribution in [0, 0.1) is 12.3 Å². The Kier molecular flexibility index (Phi) is 5.65. The monoisotopic (exact) mass is 344 g/mol. The molecule has 2 aromatic rings. The van der Waals surface area contributed by atoms with Crippen LogP contribution in [0.5, 0.6) is 0 Å². The van der Waals surface area contributed by atoms with Crippen LogP contribution in [0.3, 0.4) is 0 Å². The van der Waals surface area contributed by atoms with Crippen molar-refractivity contribution in [1.82, 2.24) is 4.98 Å². The molecule has 1 aromatic carbocycles. The highest BCUT2D eigenvalue weighted by Crippen LogP contribution is 2.21. The van der Waals surface area contributed by atoms with E-state index in [1.54, 1.807) is 6.20 Å². The molecule has 0 saturated heterocycles. The van der Waals surface area contributed by atoms with Gasteiger partial charge >= 0.3 is 0 Å². The number of amidine groups is 1. The minimum atomic E-state index is 0.00547. The number of benzene rings is 1. The molecule has 0 aliphatic rings. The smallest absolute Gasteiger partial charge is 0.282 e. The second kappa shape index (κ2) is 7.32. The molecule has 1 N–H and O–H groups in total. The van der Waals surface area contributed by atoms with Crippen LogP contribution < -0.4 is 0 Å².